The molecule has 0 saturated carbocycles. The molecule has 0 spiro atoms. The van der Waals surface area contributed by atoms with Gasteiger partial charge in [0.15, 0.2) is 10.8 Å². The van der Waals surface area contributed by atoms with Crippen molar-refractivity contribution in [1.29, 1.82) is 0 Å². The molecule has 7 heteroatoms. The Morgan fingerprint density at radius 3 is 2.58 bits per heavy atom. The van der Waals surface area contributed by atoms with Gasteiger partial charge in [-0.1, -0.05) is 47.5 Å². The predicted octanol–water partition coefficient (Wildman–Crippen LogP) is 5.76. The van der Waals surface area contributed by atoms with Crippen LogP contribution in [0, 0.1) is 19.8 Å². The van der Waals surface area contributed by atoms with Gasteiger partial charge in [-0.25, -0.2) is 0 Å². The van der Waals surface area contributed by atoms with Crippen LogP contribution in [0.15, 0.2) is 66.7 Å². The molecule has 1 fully saturated rings. The summed E-state index contributed by atoms with van der Waals surface area (Å²) in [6.07, 6.45) is 0. The minimum atomic E-state index is -1.06. The lowest BCUT2D eigenvalue weighted by atomic mass is 9.78. The molecular formula is C26H24ClN3O2S. The van der Waals surface area contributed by atoms with Gasteiger partial charge in [-0.15, -0.1) is 0 Å². The van der Waals surface area contributed by atoms with Crippen molar-refractivity contribution in [3.8, 4) is 5.75 Å². The number of benzene rings is 3. The minimum Gasteiger partial charge on any atom is -0.467 e. The first kappa shape index (κ1) is 21.7. The average molecular weight is 478 g/mol. The van der Waals surface area contributed by atoms with E-state index in [2.05, 4.69) is 16.7 Å². The summed E-state index contributed by atoms with van der Waals surface area (Å²) < 4.78 is 6.58. The monoisotopic (exact) mass is 477 g/mol. The molecule has 2 aliphatic heterocycles. The number of thiocarbonyl (C=S) groups is 1. The number of nitrogens with zero attached hydrogens (tertiary/aromatic N) is 1. The number of anilines is 2. The number of hydrogen-bond acceptors (Lipinski definition) is 3. The van der Waals surface area contributed by atoms with Crippen molar-refractivity contribution in [2.24, 2.45) is 5.92 Å². The molecule has 0 unspecified atom stereocenters. The number of hydrogen-bond donors (Lipinski definition) is 2. The van der Waals surface area contributed by atoms with E-state index >= 15 is 0 Å². The van der Waals surface area contributed by atoms with Gasteiger partial charge in [0.2, 0.25) is 5.91 Å². The van der Waals surface area contributed by atoms with E-state index < -0.39 is 11.6 Å². The highest BCUT2D eigenvalue weighted by molar-refractivity contribution is 7.80. The molecule has 168 valence electrons. The molecule has 2 heterocycles. The lowest BCUT2D eigenvalue weighted by Gasteiger charge is -2.56. The van der Waals surface area contributed by atoms with E-state index in [0.717, 1.165) is 33.8 Å². The number of aryl methyl sites for hydroxylation is 2. The highest BCUT2D eigenvalue weighted by Crippen LogP contribution is 2.49. The normalized spacial score (nSPS) is 23.3. The predicted molar refractivity (Wildman–Crippen MR) is 136 cm³/mol. The molecule has 2 N–H and O–H groups in total. The number of ether oxygens (including phenoxy) is 1. The molecule has 5 nitrogen and oxygen atoms in total. The third-order valence-corrected chi connectivity index (χ3v) is 6.97. The van der Waals surface area contributed by atoms with Crippen molar-refractivity contribution in [3.63, 3.8) is 0 Å². The Bertz CT molecular complexity index is 1260. The highest BCUT2D eigenvalue weighted by Gasteiger charge is 2.59. The molecule has 2 bridgehead atoms. The zero-order valence-electron chi connectivity index (χ0n) is 18.6. The molecule has 0 aliphatic carbocycles. The van der Waals surface area contributed by atoms with Crippen LogP contribution in [-0.4, -0.2) is 16.7 Å². The summed E-state index contributed by atoms with van der Waals surface area (Å²) in [6.45, 7) is 5.94. The summed E-state index contributed by atoms with van der Waals surface area (Å²) in [5.41, 5.74) is 3.58. The van der Waals surface area contributed by atoms with Crippen molar-refractivity contribution in [2.45, 2.75) is 32.5 Å². The topological polar surface area (TPSA) is 53.6 Å². The van der Waals surface area contributed by atoms with Crippen LogP contribution >= 0.6 is 23.8 Å². The van der Waals surface area contributed by atoms with Crippen molar-refractivity contribution >= 4 is 46.2 Å². The first-order chi connectivity index (χ1) is 15.8. The van der Waals surface area contributed by atoms with Crippen molar-refractivity contribution in [1.82, 2.24) is 5.32 Å². The fourth-order valence-electron chi connectivity index (χ4n) is 4.87. The molecule has 2 aliphatic rings. The van der Waals surface area contributed by atoms with Crippen LogP contribution < -0.4 is 20.3 Å². The van der Waals surface area contributed by atoms with Gasteiger partial charge >= 0.3 is 0 Å². The number of carbonyl (C=O) groups excluding carboxylic acids is 1. The molecule has 0 radical (unpaired) electrons. The molecule has 3 aromatic rings. The third-order valence-electron chi connectivity index (χ3n) is 6.41. The SMILES string of the molecule is Cc1ccc(NC(=O)[C@@H]2[C@@H]3NC(=S)N(c4ccc(Cl)cc4)[C@@]2(C)Oc2ccccc23)c(C)c1. The smallest absolute Gasteiger partial charge is 0.236 e. The minimum absolute atomic E-state index is 0.141. The maximum Gasteiger partial charge on any atom is 0.236 e. The molecule has 0 aromatic heterocycles. The maximum atomic E-state index is 13.8. The average Bonchev–Trinajstić information content (AvgIpc) is 2.76. The number of halogens is 1. The number of nitrogens with one attached hydrogen (secondary N) is 2. The van der Waals surface area contributed by atoms with Crippen LogP contribution in [0.3, 0.4) is 0 Å². The summed E-state index contributed by atoms with van der Waals surface area (Å²) in [7, 11) is 0. The van der Waals surface area contributed by atoms with Gasteiger partial charge in [0.1, 0.15) is 11.7 Å². The zero-order valence-corrected chi connectivity index (χ0v) is 20.1. The Morgan fingerprint density at radius 1 is 1.12 bits per heavy atom. The number of amides is 1. The number of para-hydroxylation sites is 1. The van der Waals surface area contributed by atoms with Crippen LogP contribution in [0.4, 0.5) is 11.4 Å². The number of fused-ring (bicyclic) bond motifs is 4. The lowest BCUT2D eigenvalue weighted by molar-refractivity contribution is -0.130. The Labute approximate surface area is 203 Å². The maximum absolute atomic E-state index is 13.8. The van der Waals surface area contributed by atoms with Gasteiger partial charge in [0.05, 0.1) is 6.04 Å². The van der Waals surface area contributed by atoms with Crippen molar-refractivity contribution < 1.29 is 9.53 Å². The molecule has 5 rings (SSSR count). The second kappa shape index (κ2) is 8.04. The van der Waals surface area contributed by atoms with Gasteiger partial charge < -0.3 is 15.4 Å². The molecular weight excluding hydrogens is 454 g/mol. The summed E-state index contributed by atoms with van der Waals surface area (Å²) in [6, 6.07) is 20.8. The van der Waals surface area contributed by atoms with Gasteiger partial charge in [0.25, 0.3) is 0 Å². The van der Waals surface area contributed by atoms with Gasteiger partial charge in [-0.2, -0.15) is 0 Å². The van der Waals surface area contributed by atoms with Crippen LogP contribution in [-0.2, 0) is 4.79 Å². The highest BCUT2D eigenvalue weighted by atomic mass is 35.5. The Balaban J connectivity index is 1.61. The van der Waals surface area contributed by atoms with E-state index in [4.69, 9.17) is 28.6 Å². The van der Waals surface area contributed by atoms with Gasteiger partial charge in [-0.3, -0.25) is 9.69 Å². The van der Waals surface area contributed by atoms with E-state index in [1.165, 1.54) is 0 Å². The van der Waals surface area contributed by atoms with E-state index in [-0.39, 0.29) is 11.9 Å². The van der Waals surface area contributed by atoms with Gasteiger partial charge in [-0.05, 0) is 75.0 Å². The van der Waals surface area contributed by atoms with Crippen LogP contribution in [0.25, 0.3) is 0 Å². The van der Waals surface area contributed by atoms with E-state index in [0.29, 0.717) is 10.1 Å². The summed E-state index contributed by atoms with van der Waals surface area (Å²) >= 11 is 11.9. The van der Waals surface area contributed by atoms with E-state index in [9.17, 15) is 4.79 Å². The lowest BCUT2D eigenvalue weighted by Crippen LogP contribution is -2.72. The quantitative estimate of drug-likeness (QED) is 0.470. The third kappa shape index (κ3) is 3.63. The summed E-state index contributed by atoms with van der Waals surface area (Å²) in [4.78, 5) is 15.7. The first-order valence-electron chi connectivity index (χ1n) is 10.8. The van der Waals surface area contributed by atoms with Crippen molar-refractivity contribution in [2.75, 3.05) is 10.2 Å². The van der Waals surface area contributed by atoms with E-state index in [1.54, 1.807) is 12.1 Å². The van der Waals surface area contributed by atoms with E-state index in [1.807, 2.05) is 74.2 Å². The van der Waals surface area contributed by atoms with Crippen LogP contribution in [0.1, 0.15) is 29.7 Å². The standard InChI is InChI=1S/C26H24ClN3O2S/c1-15-8-13-20(16(2)14-15)28-24(31)22-23-19-6-4-5-7-21(19)32-26(22,3)30(25(33)29-23)18-11-9-17(27)10-12-18/h4-14,22-23H,1-3H3,(H,28,31)(H,29,33)/t22-,23+,26-/m0/s1. The molecule has 33 heavy (non-hydrogen) atoms. The van der Waals surface area contributed by atoms with Crippen molar-refractivity contribution in [3.05, 3.63) is 88.4 Å². The fourth-order valence-corrected chi connectivity index (χ4v) is 5.41. The number of carbonyl (C=O) groups is 1. The Morgan fingerprint density at radius 2 is 1.85 bits per heavy atom. The summed E-state index contributed by atoms with van der Waals surface area (Å²) in [5.74, 6) is 0.00271. The molecule has 1 amide bonds. The molecule has 3 atom stereocenters. The first-order valence-corrected chi connectivity index (χ1v) is 11.6. The Kier molecular flexibility index (Phi) is 5.30. The summed E-state index contributed by atoms with van der Waals surface area (Å²) in [5, 5.41) is 7.67. The van der Waals surface area contributed by atoms with Gasteiger partial charge in [0, 0.05) is 22.0 Å². The molecule has 1 saturated heterocycles. The Hall–Kier alpha value is -3.09. The molecule has 3 aromatic carbocycles. The largest absolute Gasteiger partial charge is 0.467 e. The number of rotatable bonds is 3. The second-order valence-corrected chi connectivity index (χ2v) is 9.54. The zero-order chi connectivity index (χ0) is 23.3. The van der Waals surface area contributed by atoms with Crippen LogP contribution in [0.5, 0.6) is 5.75 Å². The van der Waals surface area contributed by atoms with Crippen LogP contribution in [0.2, 0.25) is 5.02 Å². The second-order valence-electron chi connectivity index (χ2n) is 8.72. The fraction of sp³-hybridized carbons (Fsp3) is 0.231.